The molecule has 2 unspecified atom stereocenters. The molecule has 1 heterocycles. The van der Waals surface area contributed by atoms with Crippen molar-refractivity contribution in [2.24, 2.45) is 11.8 Å². The molecule has 0 saturated carbocycles. The maximum absolute atomic E-state index is 12.0. The summed E-state index contributed by atoms with van der Waals surface area (Å²) in [6.07, 6.45) is 0. The first-order valence-electron chi connectivity index (χ1n) is 6.37. The van der Waals surface area contributed by atoms with Gasteiger partial charge in [0, 0.05) is 18.8 Å². The fourth-order valence-electron chi connectivity index (χ4n) is 2.34. The summed E-state index contributed by atoms with van der Waals surface area (Å²) in [6, 6.07) is 9.48. The minimum Gasteiger partial charge on any atom is -0.481 e. The molecule has 1 aromatic carbocycles. The molecule has 0 spiro atoms. The van der Waals surface area contributed by atoms with Gasteiger partial charge in [0.05, 0.1) is 12.5 Å². The Balaban J connectivity index is 1.86. The Labute approximate surface area is 112 Å². The molecule has 1 aliphatic heterocycles. The van der Waals surface area contributed by atoms with Gasteiger partial charge in [0.25, 0.3) is 0 Å². The van der Waals surface area contributed by atoms with E-state index in [0.717, 1.165) is 5.69 Å². The van der Waals surface area contributed by atoms with Crippen molar-refractivity contribution in [1.29, 1.82) is 0 Å². The van der Waals surface area contributed by atoms with Gasteiger partial charge in [-0.3, -0.25) is 9.59 Å². The van der Waals surface area contributed by atoms with Gasteiger partial charge in [-0.1, -0.05) is 25.1 Å². The second-order valence-corrected chi connectivity index (χ2v) is 4.94. The molecular formula is C14H18N2O3. The summed E-state index contributed by atoms with van der Waals surface area (Å²) in [5.74, 6) is -1.31. The highest BCUT2D eigenvalue weighted by atomic mass is 16.4. The summed E-state index contributed by atoms with van der Waals surface area (Å²) in [5.41, 5.74) is 0.887. The van der Waals surface area contributed by atoms with Gasteiger partial charge >= 0.3 is 5.97 Å². The summed E-state index contributed by atoms with van der Waals surface area (Å²) < 4.78 is 0. The van der Waals surface area contributed by atoms with Crippen LogP contribution in [0, 0.1) is 11.8 Å². The van der Waals surface area contributed by atoms with Crippen LogP contribution in [0.2, 0.25) is 0 Å². The molecule has 2 N–H and O–H groups in total. The molecule has 5 heteroatoms. The van der Waals surface area contributed by atoms with E-state index in [4.69, 9.17) is 5.11 Å². The highest BCUT2D eigenvalue weighted by Crippen LogP contribution is 2.23. The van der Waals surface area contributed by atoms with Crippen LogP contribution < -0.4 is 5.32 Å². The zero-order chi connectivity index (χ0) is 13.8. The first-order chi connectivity index (χ1) is 9.08. The number of nitrogens with zero attached hydrogens (tertiary/aromatic N) is 1. The molecule has 19 heavy (non-hydrogen) atoms. The van der Waals surface area contributed by atoms with E-state index in [9.17, 15) is 9.59 Å². The van der Waals surface area contributed by atoms with Crippen molar-refractivity contribution < 1.29 is 14.7 Å². The summed E-state index contributed by atoms with van der Waals surface area (Å²) in [6.45, 7) is 2.90. The molecule has 2 atom stereocenters. The predicted octanol–water partition coefficient (Wildman–Crippen LogP) is 1.28. The standard InChI is InChI=1S/C14H18N2O3/c1-10-8-16(9-12(10)14(18)19)13(17)7-15-11-5-3-2-4-6-11/h2-6,10,12,15H,7-9H2,1H3,(H,18,19). The predicted molar refractivity (Wildman–Crippen MR) is 71.8 cm³/mol. The van der Waals surface area contributed by atoms with Crippen molar-refractivity contribution in [2.45, 2.75) is 6.92 Å². The van der Waals surface area contributed by atoms with Gasteiger partial charge in [-0.05, 0) is 18.1 Å². The number of aliphatic carboxylic acids is 1. The maximum Gasteiger partial charge on any atom is 0.308 e. The topological polar surface area (TPSA) is 69.6 Å². The largest absolute Gasteiger partial charge is 0.481 e. The summed E-state index contributed by atoms with van der Waals surface area (Å²) in [7, 11) is 0. The molecule has 2 rings (SSSR count). The number of para-hydroxylation sites is 1. The van der Waals surface area contributed by atoms with Crippen molar-refractivity contribution in [1.82, 2.24) is 4.90 Å². The Morgan fingerprint density at radius 1 is 1.32 bits per heavy atom. The lowest BCUT2D eigenvalue weighted by atomic mass is 9.99. The number of benzene rings is 1. The van der Waals surface area contributed by atoms with Gasteiger partial charge in [-0.25, -0.2) is 0 Å². The third-order valence-electron chi connectivity index (χ3n) is 3.50. The molecule has 5 nitrogen and oxygen atoms in total. The molecule has 0 aromatic heterocycles. The molecule has 1 aromatic rings. The summed E-state index contributed by atoms with van der Waals surface area (Å²) in [5, 5.41) is 12.1. The first-order valence-corrected chi connectivity index (χ1v) is 6.37. The zero-order valence-electron chi connectivity index (χ0n) is 10.9. The summed E-state index contributed by atoms with van der Waals surface area (Å²) >= 11 is 0. The molecule has 1 aliphatic rings. The van der Waals surface area contributed by atoms with Crippen LogP contribution in [0.1, 0.15) is 6.92 Å². The summed E-state index contributed by atoms with van der Waals surface area (Å²) in [4.78, 5) is 24.6. The second-order valence-electron chi connectivity index (χ2n) is 4.94. The number of likely N-dealkylation sites (tertiary alicyclic amines) is 1. The van der Waals surface area contributed by atoms with E-state index in [1.807, 2.05) is 37.3 Å². The first kappa shape index (κ1) is 13.4. The molecule has 1 amide bonds. The van der Waals surface area contributed by atoms with Gasteiger partial charge in [0.1, 0.15) is 0 Å². The molecular weight excluding hydrogens is 244 g/mol. The van der Waals surface area contributed by atoms with Crippen LogP contribution >= 0.6 is 0 Å². The van der Waals surface area contributed by atoms with Crippen LogP contribution in [-0.2, 0) is 9.59 Å². The number of amides is 1. The molecule has 1 saturated heterocycles. The number of nitrogens with one attached hydrogen (secondary N) is 1. The Kier molecular flexibility index (Phi) is 4.04. The molecule has 102 valence electrons. The Hall–Kier alpha value is -2.04. The number of carboxylic acid groups (broad SMARTS) is 1. The fourth-order valence-corrected chi connectivity index (χ4v) is 2.34. The Bertz CT molecular complexity index is 461. The number of anilines is 1. The van der Waals surface area contributed by atoms with E-state index in [1.54, 1.807) is 4.90 Å². The highest BCUT2D eigenvalue weighted by Gasteiger charge is 2.36. The lowest BCUT2D eigenvalue weighted by molar-refractivity contribution is -0.142. The number of rotatable bonds is 4. The SMILES string of the molecule is CC1CN(C(=O)CNc2ccccc2)CC1C(=O)O. The van der Waals surface area contributed by atoms with Crippen molar-refractivity contribution in [2.75, 3.05) is 25.0 Å². The quantitative estimate of drug-likeness (QED) is 0.857. The van der Waals surface area contributed by atoms with E-state index < -0.39 is 11.9 Å². The van der Waals surface area contributed by atoms with E-state index in [1.165, 1.54) is 0 Å². The second kappa shape index (κ2) is 5.73. The monoisotopic (exact) mass is 262 g/mol. The number of carbonyl (C=O) groups excluding carboxylic acids is 1. The number of carboxylic acids is 1. The van der Waals surface area contributed by atoms with Crippen LogP contribution in [0.3, 0.4) is 0 Å². The number of hydrogen-bond acceptors (Lipinski definition) is 3. The minimum absolute atomic E-state index is 0.0122. The van der Waals surface area contributed by atoms with E-state index in [-0.39, 0.29) is 18.4 Å². The third kappa shape index (κ3) is 3.24. The minimum atomic E-state index is -0.821. The lowest BCUT2D eigenvalue weighted by Gasteiger charge is -2.16. The average molecular weight is 262 g/mol. The third-order valence-corrected chi connectivity index (χ3v) is 3.50. The molecule has 0 aliphatic carbocycles. The van der Waals surface area contributed by atoms with Crippen molar-refractivity contribution in [3.05, 3.63) is 30.3 Å². The molecule has 1 fully saturated rings. The van der Waals surface area contributed by atoms with E-state index in [0.29, 0.717) is 13.1 Å². The zero-order valence-corrected chi connectivity index (χ0v) is 10.9. The van der Waals surface area contributed by atoms with Crippen LogP contribution in [0.5, 0.6) is 0 Å². The normalized spacial score (nSPS) is 22.3. The van der Waals surface area contributed by atoms with Gasteiger partial charge < -0.3 is 15.3 Å². The van der Waals surface area contributed by atoms with Crippen LogP contribution in [0.4, 0.5) is 5.69 Å². The van der Waals surface area contributed by atoms with E-state index >= 15 is 0 Å². The van der Waals surface area contributed by atoms with Gasteiger partial charge in [-0.2, -0.15) is 0 Å². The van der Waals surface area contributed by atoms with Crippen molar-refractivity contribution in [3.8, 4) is 0 Å². The van der Waals surface area contributed by atoms with Crippen LogP contribution in [-0.4, -0.2) is 41.5 Å². The van der Waals surface area contributed by atoms with E-state index in [2.05, 4.69) is 5.32 Å². The van der Waals surface area contributed by atoms with Crippen LogP contribution in [0.25, 0.3) is 0 Å². The van der Waals surface area contributed by atoms with Gasteiger partial charge in [-0.15, -0.1) is 0 Å². The average Bonchev–Trinajstić information content (AvgIpc) is 2.79. The smallest absolute Gasteiger partial charge is 0.308 e. The molecule has 0 radical (unpaired) electrons. The van der Waals surface area contributed by atoms with Crippen LogP contribution in [0.15, 0.2) is 30.3 Å². The van der Waals surface area contributed by atoms with Crippen molar-refractivity contribution >= 4 is 17.6 Å². The fraction of sp³-hybridized carbons (Fsp3) is 0.429. The van der Waals surface area contributed by atoms with Crippen molar-refractivity contribution in [3.63, 3.8) is 0 Å². The maximum atomic E-state index is 12.0. The Morgan fingerprint density at radius 2 is 2.00 bits per heavy atom. The Morgan fingerprint density at radius 3 is 2.58 bits per heavy atom. The number of carbonyl (C=O) groups is 2. The molecule has 0 bridgehead atoms. The number of hydrogen-bond donors (Lipinski definition) is 2. The van der Waals surface area contributed by atoms with Gasteiger partial charge in [0.15, 0.2) is 0 Å². The lowest BCUT2D eigenvalue weighted by Crippen LogP contribution is -2.34. The highest BCUT2D eigenvalue weighted by molar-refractivity contribution is 5.82. The van der Waals surface area contributed by atoms with Gasteiger partial charge in [0.2, 0.25) is 5.91 Å².